The minimum absolute atomic E-state index is 0.0247. The number of aromatic hydroxyl groups is 1. The number of ether oxygens (including phenoxy) is 2. The lowest BCUT2D eigenvalue weighted by Gasteiger charge is -2.35. The van der Waals surface area contributed by atoms with Crippen LogP contribution in [0.3, 0.4) is 0 Å². The van der Waals surface area contributed by atoms with Crippen molar-refractivity contribution in [3.05, 3.63) is 52.2 Å². The second kappa shape index (κ2) is 11.5. The van der Waals surface area contributed by atoms with Gasteiger partial charge in [0.05, 0.1) is 18.7 Å². The summed E-state index contributed by atoms with van der Waals surface area (Å²) in [4.78, 5) is 14.5. The van der Waals surface area contributed by atoms with E-state index >= 15 is 0 Å². The summed E-state index contributed by atoms with van der Waals surface area (Å²) in [5, 5.41) is 14.9. The van der Waals surface area contributed by atoms with Gasteiger partial charge < -0.3 is 24.0 Å². The van der Waals surface area contributed by atoms with E-state index in [-0.39, 0.29) is 31.5 Å². The number of hydrogen-bond donors (Lipinski definition) is 1. The van der Waals surface area contributed by atoms with Crippen LogP contribution in [0.1, 0.15) is 75.3 Å². The van der Waals surface area contributed by atoms with Gasteiger partial charge in [0, 0.05) is 35.3 Å². The van der Waals surface area contributed by atoms with Crippen molar-refractivity contribution in [3.63, 3.8) is 0 Å². The minimum Gasteiger partial charge on any atom is -0.493 e. The van der Waals surface area contributed by atoms with E-state index in [1.54, 1.807) is 4.57 Å². The molecule has 0 saturated heterocycles. The molecule has 2 heterocycles. The third-order valence-electron chi connectivity index (χ3n) is 8.94. The van der Waals surface area contributed by atoms with Crippen LogP contribution in [-0.4, -0.2) is 29.6 Å². The first-order valence-corrected chi connectivity index (χ1v) is 14.6. The van der Waals surface area contributed by atoms with Crippen LogP contribution in [0, 0.1) is 22.6 Å². The first kappa shape index (κ1) is 26.1. The number of benzene rings is 2. The Morgan fingerprint density at radius 3 is 2.33 bits per heavy atom. The van der Waals surface area contributed by atoms with Crippen molar-refractivity contribution in [2.24, 2.45) is 17.0 Å². The predicted octanol–water partition coefficient (Wildman–Crippen LogP) is 7.77. The van der Waals surface area contributed by atoms with Gasteiger partial charge in [-0.15, -0.1) is 4.91 Å². The van der Waals surface area contributed by atoms with Crippen LogP contribution >= 0.6 is 0 Å². The number of rotatable bonds is 8. The molecule has 1 aromatic heterocycles. The van der Waals surface area contributed by atoms with Gasteiger partial charge in [0.25, 0.3) is 0 Å². The van der Waals surface area contributed by atoms with E-state index in [1.165, 1.54) is 76.3 Å². The van der Waals surface area contributed by atoms with E-state index in [2.05, 4.69) is 16.1 Å². The van der Waals surface area contributed by atoms with Crippen LogP contribution in [0.2, 0.25) is 0 Å². The lowest BCUT2D eigenvalue weighted by atomic mass is 9.86. The first-order chi connectivity index (χ1) is 19.1. The largest absolute Gasteiger partial charge is 0.493 e. The lowest BCUT2D eigenvalue weighted by Crippen LogP contribution is -2.35. The molecule has 2 aliphatic carbocycles. The quantitative estimate of drug-likeness (QED) is 0.298. The number of hydrogen-bond acceptors (Lipinski definition) is 6. The van der Waals surface area contributed by atoms with Crippen LogP contribution in [0.25, 0.3) is 10.9 Å². The fraction of sp³-hybridized carbons (Fsp3) is 0.548. The molecular formula is C31H38FN3O4. The molecule has 0 amide bonds. The van der Waals surface area contributed by atoms with Crippen molar-refractivity contribution in [2.75, 3.05) is 24.8 Å². The molecule has 1 N–H and O–H groups in total. The standard InChI is InChI=1S/C31H38FN3O4/c32-25-13-23(30-24(14-25)19-38-20-39-30)18-35-28-12-11-26(15-27(28)29(33-37)31(35)36)34(16-21-7-3-1-4-8-21)17-22-9-5-2-6-10-22/h11-15,21-22,36H,1-10,16-20H2. The Balaban J connectivity index is 1.35. The highest BCUT2D eigenvalue weighted by atomic mass is 19.1. The number of aromatic nitrogens is 1. The number of anilines is 1. The zero-order valence-corrected chi connectivity index (χ0v) is 22.5. The molecule has 7 nitrogen and oxygen atoms in total. The van der Waals surface area contributed by atoms with E-state index in [0.717, 1.165) is 18.8 Å². The molecule has 3 aromatic rings. The molecule has 2 aromatic carbocycles. The number of nitrogens with zero attached hydrogens (tertiary/aromatic N) is 3. The highest BCUT2D eigenvalue weighted by molar-refractivity contribution is 5.97. The van der Waals surface area contributed by atoms with Crippen LogP contribution in [0.5, 0.6) is 11.6 Å². The summed E-state index contributed by atoms with van der Waals surface area (Å²) < 4.78 is 27.0. The van der Waals surface area contributed by atoms with Crippen LogP contribution in [0.15, 0.2) is 35.5 Å². The van der Waals surface area contributed by atoms with Crippen LogP contribution in [0.4, 0.5) is 15.8 Å². The van der Waals surface area contributed by atoms with Crippen LogP contribution in [-0.2, 0) is 17.9 Å². The molecular weight excluding hydrogens is 497 g/mol. The van der Waals surface area contributed by atoms with Gasteiger partial charge in [-0.3, -0.25) is 0 Å². The molecule has 0 radical (unpaired) electrons. The van der Waals surface area contributed by atoms with Crippen molar-refractivity contribution in [1.29, 1.82) is 0 Å². The first-order valence-electron chi connectivity index (χ1n) is 14.6. The fourth-order valence-electron chi connectivity index (χ4n) is 6.95. The number of halogens is 1. The fourth-order valence-corrected chi connectivity index (χ4v) is 6.95. The Morgan fingerprint density at radius 1 is 0.974 bits per heavy atom. The van der Waals surface area contributed by atoms with E-state index in [0.29, 0.717) is 39.6 Å². The van der Waals surface area contributed by atoms with Crippen LogP contribution < -0.4 is 9.64 Å². The van der Waals surface area contributed by atoms with Gasteiger partial charge in [0.2, 0.25) is 5.88 Å². The monoisotopic (exact) mass is 535 g/mol. The predicted molar refractivity (Wildman–Crippen MR) is 150 cm³/mol. The SMILES string of the molecule is O=Nc1c(O)n(Cc2cc(F)cc3c2OCOC3)c2ccc(N(CC3CCCCC3)CC3CCCCC3)cc12. The second-order valence-corrected chi connectivity index (χ2v) is 11.6. The third kappa shape index (κ3) is 5.49. The molecule has 0 unspecified atom stereocenters. The Labute approximate surface area is 228 Å². The Kier molecular flexibility index (Phi) is 7.73. The topological polar surface area (TPSA) is 76.3 Å². The zero-order chi connectivity index (χ0) is 26.8. The molecule has 3 aliphatic rings. The van der Waals surface area contributed by atoms with E-state index in [1.807, 2.05) is 12.1 Å². The number of fused-ring (bicyclic) bond motifs is 2. The molecule has 8 heteroatoms. The second-order valence-electron chi connectivity index (χ2n) is 11.6. The van der Waals surface area contributed by atoms with Crippen molar-refractivity contribution < 1.29 is 19.0 Å². The maximum Gasteiger partial charge on any atom is 0.222 e. The average molecular weight is 536 g/mol. The maximum absolute atomic E-state index is 14.4. The molecule has 0 atom stereocenters. The smallest absolute Gasteiger partial charge is 0.222 e. The Morgan fingerprint density at radius 2 is 1.67 bits per heavy atom. The summed E-state index contributed by atoms with van der Waals surface area (Å²) in [6.07, 6.45) is 13.0. The summed E-state index contributed by atoms with van der Waals surface area (Å²) in [5.74, 6) is 1.32. The molecule has 2 fully saturated rings. The molecule has 208 valence electrons. The van der Waals surface area contributed by atoms with E-state index < -0.39 is 5.82 Å². The van der Waals surface area contributed by atoms with Gasteiger partial charge in [-0.05, 0) is 73.0 Å². The lowest BCUT2D eigenvalue weighted by molar-refractivity contribution is -0.0173. The molecule has 2 saturated carbocycles. The summed E-state index contributed by atoms with van der Waals surface area (Å²) >= 11 is 0. The third-order valence-corrected chi connectivity index (χ3v) is 8.94. The molecule has 39 heavy (non-hydrogen) atoms. The molecule has 1 aliphatic heterocycles. The van der Waals surface area contributed by atoms with Crippen molar-refractivity contribution in [2.45, 2.75) is 77.4 Å². The van der Waals surface area contributed by atoms with Crippen molar-refractivity contribution >= 4 is 22.3 Å². The average Bonchev–Trinajstić information content (AvgIpc) is 3.23. The molecule has 0 spiro atoms. The Hall–Kier alpha value is -3.13. The van der Waals surface area contributed by atoms with Gasteiger partial charge in [0.15, 0.2) is 12.5 Å². The van der Waals surface area contributed by atoms with Gasteiger partial charge in [-0.1, -0.05) is 38.5 Å². The summed E-state index contributed by atoms with van der Waals surface area (Å²) in [6, 6.07) is 8.89. The summed E-state index contributed by atoms with van der Waals surface area (Å²) in [6.45, 7) is 2.54. The van der Waals surface area contributed by atoms with Gasteiger partial charge in [-0.2, -0.15) is 0 Å². The van der Waals surface area contributed by atoms with E-state index in [4.69, 9.17) is 9.47 Å². The molecule has 6 rings (SSSR count). The minimum atomic E-state index is -0.397. The Bertz CT molecular complexity index is 1310. The zero-order valence-electron chi connectivity index (χ0n) is 22.5. The van der Waals surface area contributed by atoms with Gasteiger partial charge in [0.1, 0.15) is 11.6 Å². The maximum atomic E-state index is 14.4. The normalized spacial score (nSPS) is 18.6. The van der Waals surface area contributed by atoms with Gasteiger partial charge in [-0.25, -0.2) is 4.39 Å². The van der Waals surface area contributed by atoms with Crippen molar-refractivity contribution in [1.82, 2.24) is 4.57 Å². The summed E-state index contributed by atoms with van der Waals surface area (Å²) in [7, 11) is 0. The van der Waals surface area contributed by atoms with Gasteiger partial charge >= 0.3 is 0 Å². The highest BCUT2D eigenvalue weighted by Crippen LogP contribution is 2.42. The molecule has 0 bridgehead atoms. The van der Waals surface area contributed by atoms with E-state index in [9.17, 15) is 14.4 Å². The highest BCUT2D eigenvalue weighted by Gasteiger charge is 2.25. The number of nitroso groups, excluding NO2 is 1. The van der Waals surface area contributed by atoms with Crippen molar-refractivity contribution in [3.8, 4) is 11.6 Å². The summed E-state index contributed by atoms with van der Waals surface area (Å²) in [5.41, 5.74) is 3.00.